The number of rotatable bonds is 6. The molecule has 0 saturated carbocycles. The zero-order valence-corrected chi connectivity index (χ0v) is 11.1. The van der Waals surface area contributed by atoms with Crippen molar-refractivity contribution >= 4 is 23.2 Å². The van der Waals surface area contributed by atoms with Crippen molar-refractivity contribution in [3.63, 3.8) is 0 Å². The maximum absolute atomic E-state index is 6.09. The molecule has 2 nitrogen and oxygen atoms in total. The highest BCUT2D eigenvalue weighted by Crippen LogP contribution is 2.22. The van der Waals surface area contributed by atoms with Gasteiger partial charge in [-0.25, -0.2) is 0 Å². The van der Waals surface area contributed by atoms with Gasteiger partial charge in [-0.15, -0.1) is 0 Å². The number of nitrogens with one attached hydrogen (secondary N) is 1. The van der Waals surface area contributed by atoms with Crippen molar-refractivity contribution in [2.75, 3.05) is 20.8 Å². The molecule has 0 radical (unpaired) electrons. The summed E-state index contributed by atoms with van der Waals surface area (Å²) >= 11 is 12.0. The Kier molecular flexibility index (Phi) is 6.14. The average Bonchev–Trinajstić information content (AvgIpc) is 2.28. The van der Waals surface area contributed by atoms with Gasteiger partial charge in [0.05, 0.1) is 6.61 Å². The highest BCUT2D eigenvalue weighted by Gasteiger charge is 2.08. The Labute approximate surface area is 107 Å². The molecule has 90 valence electrons. The zero-order valence-electron chi connectivity index (χ0n) is 9.59. The van der Waals surface area contributed by atoms with E-state index in [0.717, 1.165) is 28.5 Å². The van der Waals surface area contributed by atoms with Crippen LogP contribution < -0.4 is 5.32 Å². The summed E-state index contributed by atoms with van der Waals surface area (Å²) in [5.41, 5.74) is 1.09. The molecule has 0 aliphatic heterocycles. The van der Waals surface area contributed by atoms with Gasteiger partial charge in [-0.05, 0) is 43.7 Å². The zero-order chi connectivity index (χ0) is 12.0. The van der Waals surface area contributed by atoms with Crippen LogP contribution in [-0.4, -0.2) is 26.8 Å². The van der Waals surface area contributed by atoms with Crippen LogP contribution in [0.1, 0.15) is 12.0 Å². The van der Waals surface area contributed by atoms with Gasteiger partial charge in [0.25, 0.3) is 0 Å². The van der Waals surface area contributed by atoms with Gasteiger partial charge < -0.3 is 10.1 Å². The minimum absolute atomic E-state index is 0.347. The second-order valence-corrected chi connectivity index (χ2v) is 4.56. The van der Waals surface area contributed by atoms with Gasteiger partial charge in [-0.2, -0.15) is 0 Å². The summed E-state index contributed by atoms with van der Waals surface area (Å²) < 4.78 is 5.12. The van der Waals surface area contributed by atoms with Crippen molar-refractivity contribution in [2.45, 2.75) is 18.9 Å². The lowest BCUT2D eigenvalue weighted by atomic mass is 10.1. The Morgan fingerprint density at radius 3 is 2.75 bits per heavy atom. The topological polar surface area (TPSA) is 21.3 Å². The van der Waals surface area contributed by atoms with E-state index >= 15 is 0 Å². The third-order valence-corrected chi connectivity index (χ3v) is 3.15. The van der Waals surface area contributed by atoms with Crippen LogP contribution >= 0.6 is 23.2 Å². The lowest BCUT2D eigenvalue weighted by Gasteiger charge is -2.15. The van der Waals surface area contributed by atoms with E-state index in [2.05, 4.69) is 5.32 Å². The average molecular weight is 262 g/mol. The van der Waals surface area contributed by atoms with E-state index < -0.39 is 0 Å². The van der Waals surface area contributed by atoms with Crippen molar-refractivity contribution in [1.82, 2.24) is 5.32 Å². The maximum atomic E-state index is 6.09. The largest absolute Gasteiger partial charge is 0.383 e. The number of hydrogen-bond donors (Lipinski definition) is 1. The number of methoxy groups -OCH3 is 1. The van der Waals surface area contributed by atoms with Crippen LogP contribution in [0, 0.1) is 0 Å². The molecule has 0 amide bonds. The van der Waals surface area contributed by atoms with Crippen molar-refractivity contribution in [3.8, 4) is 0 Å². The summed E-state index contributed by atoms with van der Waals surface area (Å²) in [6, 6.07) is 5.91. The normalized spacial score (nSPS) is 12.8. The Morgan fingerprint density at radius 1 is 1.38 bits per heavy atom. The first-order chi connectivity index (χ1) is 7.67. The SMILES string of the molecule is CNC(CCc1cc(Cl)ccc1Cl)COC. The molecule has 0 aromatic heterocycles. The minimum Gasteiger partial charge on any atom is -0.383 e. The van der Waals surface area contributed by atoms with E-state index in [0.29, 0.717) is 12.6 Å². The molecule has 1 rings (SSSR count). The summed E-state index contributed by atoms with van der Waals surface area (Å²) in [7, 11) is 3.64. The fraction of sp³-hybridized carbons (Fsp3) is 0.500. The predicted octanol–water partition coefficient (Wildman–Crippen LogP) is 3.16. The monoisotopic (exact) mass is 261 g/mol. The van der Waals surface area contributed by atoms with Crippen molar-refractivity contribution in [1.29, 1.82) is 0 Å². The molecule has 0 spiro atoms. The van der Waals surface area contributed by atoms with E-state index in [1.54, 1.807) is 13.2 Å². The van der Waals surface area contributed by atoms with Gasteiger partial charge in [0.15, 0.2) is 0 Å². The van der Waals surface area contributed by atoms with Crippen LogP contribution in [0.4, 0.5) is 0 Å². The first-order valence-electron chi connectivity index (χ1n) is 5.27. The third-order valence-electron chi connectivity index (χ3n) is 2.55. The lowest BCUT2D eigenvalue weighted by Crippen LogP contribution is -2.30. The minimum atomic E-state index is 0.347. The summed E-state index contributed by atoms with van der Waals surface area (Å²) in [6.45, 7) is 0.703. The third kappa shape index (κ3) is 4.30. The highest BCUT2D eigenvalue weighted by molar-refractivity contribution is 6.33. The molecule has 1 aromatic carbocycles. The molecule has 1 N–H and O–H groups in total. The van der Waals surface area contributed by atoms with Gasteiger partial charge in [-0.3, -0.25) is 0 Å². The van der Waals surface area contributed by atoms with E-state index in [9.17, 15) is 0 Å². The second kappa shape index (κ2) is 7.13. The standard InChI is InChI=1S/C12H17Cl2NO/c1-15-11(8-16-2)5-3-9-7-10(13)4-6-12(9)14/h4,6-7,11,15H,3,5,8H2,1-2H3. The van der Waals surface area contributed by atoms with Crippen LogP contribution in [0.15, 0.2) is 18.2 Å². The van der Waals surface area contributed by atoms with E-state index in [-0.39, 0.29) is 0 Å². The molecule has 1 unspecified atom stereocenters. The summed E-state index contributed by atoms with van der Waals surface area (Å²) in [5.74, 6) is 0. The van der Waals surface area contributed by atoms with E-state index in [4.69, 9.17) is 27.9 Å². The summed E-state index contributed by atoms with van der Waals surface area (Å²) in [5, 5.41) is 4.71. The quantitative estimate of drug-likeness (QED) is 0.850. The fourth-order valence-electron chi connectivity index (χ4n) is 1.58. The Balaban J connectivity index is 2.55. The maximum Gasteiger partial charge on any atom is 0.0615 e. The van der Waals surface area contributed by atoms with Crippen LogP contribution in [0.3, 0.4) is 0 Å². The molecule has 0 saturated heterocycles. The molecule has 0 bridgehead atoms. The Hall–Kier alpha value is -0.280. The molecule has 16 heavy (non-hydrogen) atoms. The summed E-state index contributed by atoms with van der Waals surface area (Å²) in [6.07, 6.45) is 1.87. The van der Waals surface area contributed by atoms with Crippen LogP contribution in [0.2, 0.25) is 10.0 Å². The molecular weight excluding hydrogens is 245 g/mol. The summed E-state index contributed by atoms with van der Waals surface area (Å²) in [4.78, 5) is 0. The van der Waals surface area contributed by atoms with Crippen molar-refractivity contribution in [3.05, 3.63) is 33.8 Å². The van der Waals surface area contributed by atoms with E-state index in [1.165, 1.54) is 0 Å². The van der Waals surface area contributed by atoms with E-state index in [1.807, 2.05) is 19.2 Å². The molecule has 0 heterocycles. The molecular formula is C12H17Cl2NO. The van der Waals surface area contributed by atoms with Gasteiger partial charge >= 0.3 is 0 Å². The van der Waals surface area contributed by atoms with Gasteiger partial charge in [0.1, 0.15) is 0 Å². The number of hydrogen-bond acceptors (Lipinski definition) is 2. The first kappa shape index (κ1) is 13.8. The Bertz CT molecular complexity index is 331. The van der Waals surface area contributed by atoms with Crippen molar-refractivity contribution in [2.24, 2.45) is 0 Å². The smallest absolute Gasteiger partial charge is 0.0615 e. The molecule has 1 aromatic rings. The number of ether oxygens (including phenoxy) is 1. The fourth-order valence-corrected chi connectivity index (χ4v) is 1.98. The second-order valence-electron chi connectivity index (χ2n) is 3.72. The molecule has 4 heteroatoms. The molecule has 0 fully saturated rings. The predicted molar refractivity (Wildman–Crippen MR) is 69.5 cm³/mol. The van der Waals surface area contributed by atoms with Gasteiger partial charge in [-0.1, -0.05) is 23.2 Å². The van der Waals surface area contributed by atoms with Gasteiger partial charge in [0, 0.05) is 23.2 Å². The number of benzene rings is 1. The first-order valence-corrected chi connectivity index (χ1v) is 6.03. The molecule has 0 aliphatic carbocycles. The van der Waals surface area contributed by atoms with Crippen LogP contribution in [0.25, 0.3) is 0 Å². The lowest BCUT2D eigenvalue weighted by molar-refractivity contribution is 0.166. The number of likely N-dealkylation sites (N-methyl/N-ethyl adjacent to an activating group) is 1. The molecule has 1 atom stereocenters. The van der Waals surface area contributed by atoms with Gasteiger partial charge in [0.2, 0.25) is 0 Å². The number of aryl methyl sites for hydroxylation is 1. The van der Waals surface area contributed by atoms with Crippen molar-refractivity contribution < 1.29 is 4.74 Å². The highest BCUT2D eigenvalue weighted by atomic mass is 35.5. The number of halogens is 2. The molecule has 0 aliphatic rings. The Morgan fingerprint density at radius 2 is 2.12 bits per heavy atom. The van der Waals surface area contributed by atoms with Crippen LogP contribution in [-0.2, 0) is 11.2 Å². The van der Waals surface area contributed by atoms with Crippen LogP contribution in [0.5, 0.6) is 0 Å².